The Morgan fingerprint density at radius 1 is 1.07 bits per heavy atom. The molecule has 1 aromatic heterocycles. The molecule has 10 nitrogen and oxygen atoms in total. The minimum Gasteiger partial charge on any atom is -0.347 e. The lowest BCUT2D eigenvalue weighted by atomic mass is 10.1. The Morgan fingerprint density at radius 2 is 1.83 bits per heavy atom. The van der Waals surface area contributed by atoms with Crippen molar-refractivity contribution in [3.63, 3.8) is 0 Å². The number of carbonyl (C=O) groups excluding carboxylic acids is 2. The second-order valence-corrected chi connectivity index (χ2v) is 13.8. The SMILES string of the molecule is CS(=O)(=O)OCCC#Cc1ccc(-c2ncc(CNC(=O)c3ccc4c(c3)NC(=O)c3ccccc3S4(=O)=O)s2)cc1. The molecule has 2 heterocycles. The number of anilines is 1. The number of benzene rings is 3. The molecule has 2 N–H and O–H groups in total. The van der Waals surface area contributed by atoms with Gasteiger partial charge in [-0.25, -0.2) is 13.4 Å². The zero-order chi connectivity index (χ0) is 29.9. The molecule has 0 bridgehead atoms. The van der Waals surface area contributed by atoms with Gasteiger partial charge in [-0.3, -0.25) is 13.8 Å². The van der Waals surface area contributed by atoms with Crippen molar-refractivity contribution in [2.24, 2.45) is 0 Å². The number of hydrogen-bond acceptors (Lipinski definition) is 9. The lowest BCUT2D eigenvalue weighted by Crippen LogP contribution is -2.22. The summed E-state index contributed by atoms with van der Waals surface area (Å²) in [4.78, 5) is 30.6. The maximum Gasteiger partial charge on any atom is 0.264 e. The maximum atomic E-state index is 13.2. The molecule has 0 atom stereocenters. The van der Waals surface area contributed by atoms with Crippen LogP contribution in [0.2, 0.25) is 0 Å². The molecular formula is C29H23N3O7S3. The van der Waals surface area contributed by atoms with Gasteiger partial charge in [-0.15, -0.1) is 11.3 Å². The second-order valence-electron chi connectivity index (χ2n) is 9.13. The normalized spacial score (nSPS) is 13.5. The molecule has 0 spiro atoms. The number of carbonyl (C=O) groups is 2. The second kappa shape index (κ2) is 11.9. The van der Waals surface area contributed by atoms with Crippen LogP contribution in [-0.4, -0.2) is 46.5 Å². The van der Waals surface area contributed by atoms with Gasteiger partial charge >= 0.3 is 0 Å². The predicted molar refractivity (Wildman–Crippen MR) is 157 cm³/mol. The molecule has 0 radical (unpaired) electrons. The van der Waals surface area contributed by atoms with E-state index in [0.29, 0.717) is 0 Å². The van der Waals surface area contributed by atoms with E-state index < -0.39 is 31.8 Å². The average Bonchev–Trinajstić information content (AvgIpc) is 3.41. The highest BCUT2D eigenvalue weighted by Gasteiger charge is 2.31. The van der Waals surface area contributed by atoms with Gasteiger partial charge < -0.3 is 10.6 Å². The van der Waals surface area contributed by atoms with E-state index in [2.05, 4.69) is 31.6 Å². The predicted octanol–water partition coefficient (Wildman–Crippen LogP) is 3.86. The van der Waals surface area contributed by atoms with E-state index in [1.165, 1.54) is 41.7 Å². The van der Waals surface area contributed by atoms with Gasteiger partial charge in [0.25, 0.3) is 21.9 Å². The summed E-state index contributed by atoms with van der Waals surface area (Å²) in [5, 5.41) is 6.16. The zero-order valence-corrected chi connectivity index (χ0v) is 24.5. The minimum absolute atomic E-state index is 0.00207. The molecule has 0 saturated heterocycles. The van der Waals surface area contributed by atoms with Gasteiger partial charge in [0.1, 0.15) is 5.01 Å². The van der Waals surface area contributed by atoms with Crippen molar-refractivity contribution in [1.82, 2.24) is 10.3 Å². The van der Waals surface area contributed by atoms with E-state index in [1.807, 2.05) is 24.3 Å². The van der Waals surface area contributed by atoms with Crippen LogP contribution in [0, 0.1) is 11.8 Å². The van der Waals surface area contributed by atoms with Crippen molar-refractivity contribution in [1.29, 1.82) is 0 Å². The van der Waals surface area contributed by atoms with E-state index >= 15 is 0 Å². The molecule has 42 heavy (non-hydrogen) atoms. The quantitative estimate of drug-likeness (QED) is 0.180. The van der Waals surface area contributed by atoms with E-state index in [-0.39, 0.29) is 46.2 Å². The Labute approximate surface area is 246 Å². The van der Waals surface area contributed by atoms with Crippen molar-refractivity contribution in [2.75, 3.05) is 18.2 Å². The summed E-state index contributed by atoms with van der Waals surface area (Å²) in [5.74, 6) is 4.81. The Kier molecular flexibility index (Phi) is 8.24. The van der Waals surface area contributed by atoms with Gasteiger partial charge in [-0.1, -0.05) is 36.1 Å². The van der Waals surface area contributed by atoms with E-state index in [4.69, 9.17) is 0 Å². The Balaban J connectivity index is 1.22. The topological polar surface area (TPSA) is 149 Å². The first-order valence-electron chi connectivity index (χ1n) is 12.5. The van der Waals surface area contributed by atoms with Crippen LogP contribution in [0.4, 0.5) is 5.69 Å². The van der Waals surface area contributed by atoms with Crippen LogP contribution in [0.25, 0.3) is 10.6 Å². The number of thiazole rings is 1. The monoisotopic (exact) mass is 621 g/mol. The van der Waals surface area contributed by atoms with E-state index in [0.717, 1.165) is 27.3 Å². The smallest absolute Gasteiger partial charge is 0.264 e. The van der Waals surface area contributed by atoms with Crippen LogP contribution < -0.4 is 10.6 Å². The Morgan fingerprint density at radius 3 is 2.60 bits per heavy atom. The Bertz CT molecular complexity index is 1970. The highest BCUT2D eigenvalue weighted by Crippen LogP contribution is 2.34. The highest BCUT2D eigenvalue weighted by atomic mass is 32.2. The van der Waals surface area contributed by atoms with E-state index in [1.54, 1.807) is 18.3 Å². The van der Waals surface area contributed by atoms with Gasteiger partial charge in [0.2, 0.25) is 9.84 Å². The summed E-state index contributed by atoms with van der Waals surface area (Å²) in [6.45, 7) is 0.199. The molecular weight excluding hydrogens is 599 g/mol. The summed E-state index contributed by atoms with van der Waals surface area (Å²) in [6, 6.07) is 17.5. The van der Waals surface area contributed by atoms with Crippen molar-refractivity contribution in [3.05, 3.63) is 94.5 Å². The number of fused-ring (bicyclic) bond motifs is 2. The summed E-state index contributed by atoms with van der Waals surface area (Å²) in [6.07, 6.45) is 2.94. The number of amides is 2. The first kappa shape index (κ1) is 29.2. The third-order valence-corrected chi connectivity index (χ3v) is 9.58. The van der Waals surface area contributed by atoms with Gasteiger partial charge in [0.05, 0.1) is 40.4 Å². The number of aromatic nitrogens is 1. The van der Waals surface area contributed by atoms with Crippen LogP contribution in [-0.2, 0) is 30.7 Å². The third-order valence-electron chi connectivity index (χ3n) is 6.07. The third kappa shape index (κ3) is 6.58. The fourth-order valence-electron chi connectivity index (χ4n) is 4.10. The first-order chi connectivity index (χ1) is 20.0. The molecule has 0 aliphatic carbocycles. The van der Waals surface area contributed by atoms with Crippen LogP contribution in [0.5, 0.6) is 0 Å². The highest BCUT2D eigenvalue weighted by molar-refractivity contribution is 7.91. The lowest BCUT2D eigenvalue weighted by molar-refractivity contribution is 0.0949. The number of sulfone groups is 1. The molecule has 1 aliphatic rings. The van der Waals surface area contributed by atoms with Crippen LogP contribution in [0.1, 0.15) is 37.6 Å². The fraction of sp³-hybridized carbons (Fsp3) is 0.138. The van der Waals surface area contributed by atoms with Crippen molar-refractivity contribution >= 4 is 48.8 Å². The largest absolute Gasteiger partial charge is 0.347 e. The maximum absolute atomic E-state index is 13.2. The molecule has 13 heteroatoms. The van der Waals surface area contributed by atoms with Crippen molar-refractivity contribution in [2.45, 2.75) is 22.8 Å². The number of nitrogens with one attached hydrogen (secondary N) is 2. The number of rotatable bonds is 7. The summed E-state index contributed by atoms with van der Waals surface area (Å²) in [7, 11) is -7.44. The lowest BCUT2D eigenvalue weighted by Gasteiger charge is -2.10. The molecule has 214 valence electrons. The minimum atomic E-state index is -3.96. The summed E-state index contributed by atoms with van der Waals surface area (Å²) in [5.41, 5.74) is 1.90. The zero-order valence-electron chi connectivity index (χ0n) is 22.1. The van der Waals surface area contributed by atoms with Gasteiger partial charge in [0.15, 0.2) is 0 Å². The number of nitrogens with zero attached hydrogens (tertiary/aromatic N) is 1. The summed E-state index contributed by atoms with van der Waals surface area (Å²) >= 11 is 1.40. The molecule has 0 unspecified atom stereocenters. The molecule has 1 aliphatic heterocycles. The van der Waals surface area contributed by atoms with Crippen LogP contribution in [0.15, 0.2) is 82.7 Å². The van der Waals surface area contributed by atoms with Crippen LogP contribution >= 0.6 is 11.3 Å². The molecule has 2 amide bonds. The fourth-order valence-corrected chi connectivity index (χ4v) is 6.93. The van der Waals surface area contributed by atoms with Crippen molar-refractivity contribution in [3.8, 4) is 22.4 Å². The Hall–Kier alpha value is -4.35. The van der Waals surface area contributed by atoms with Gasteiger partial charge in [-0.05, 0) is 42.5 Å². The number of hydrogen-bond donors (Lipinski definition) is 2. The average molecular weight is 622 g/mol. The molecule has 0 fully saturated rings. The van der Waals surface area contributed by atoms with Crippen molar-refractivity contribution < 1.29 is 30.6 Å². The molecule has 3 aromatic carbocycles. The molecule has 5 rings (SSSR count). The first-order valence-corrected chi connectivity index (χ1v) is 16.6. The van der Waals surface area contributed by atoms with Gasteiger partial charge in [0, 0.05) is 34.2 Å². The standard InChI is InChI=1S/C29H23N3O7S3/c1-41(35,36)39-15-5-4-6-19-9-11-20(12-10-19)29-31-18-22(40-29)17-30-27(33)21-13-14-26-24(16-21)32-28(34)23-7-2-3-8-25(23)42(26,37)38/h2-3,7-14,16,18H,5,15,17H2,1H3,(H,30,33)(H,32,34). The van der Waals surface area contributed by atoms with E-state index in [9.17, 15) is 26.4 Å². The van der Waals surface area contributed by atoms with Crippen LogP contribution in [0.3, 0.4) is 0 Å². The molecule has 0 saturated carbocycles. The van der Waals surface area contributed by atoms with Gasteiger partial charge in [-0.2, -0.15) is 8.42 Å². The summed E-state index contributed by atoms with van der Waals surface area (Å²) < 4.78 is 52.9. The molecule has 4 aromatic rings.